The molecule has 0 saturated carbocycles. The molecule has 0 aliphatic heterocycles. The number of isocyanates is 1. The van der Waals surface area contributed by atoms with Crippen molar-refractivity contribution in [3.8, 4) is 0 Å². The molecular weight excluding hydrogens is 229 g/mol. The Morgan fingerprint density at radius 1 is 1.56 bits per heavy atom. The van der Waals surface area contributed by atoms with Crippen LogP contribution in [0.3, 0.4) is 0 Å². The van der Waals surface area contributed by atoms with Crippen LogP contribution in [0, 0.1) is 0 Å². The molecule has 1 atom stereocenters. The average Bonchev–Trinajstić information content (AvgIpc) is 2.21. The highest BCUT2D eigenvalue weighted by molar-refractivity contribution is 6.31. The van der Waals surface area contributed by atoms with E-state index in [9.17, 15) is 9.18 Å². The maximum atomic E-state index is 13.8. The van der Waals surface area contributed by atoms with Crippen molar-refractivity contribution < 1.29 is 9.18 Å². The van der Waals surface area contributed by atoms with Crippen LogP contribution in [0.25, 0.3) is 0 Å². The molecule has 1 unspecified atom stereocenters. The van der Waals surface area contributed by atoms with Crippen LogP contribution in [-0.4, -0.2) is 6.08 Å². The predicted molar refractivity (Wildman–Crippen MR) is 62.0 cm³/mol. The Kier molecular flexibility index (Phi) is 4.22. The molecule has 0 spiro atoms. The van der Waals surface area contributed by atoms with Crippen LogP contribution in [0.15, 0.2) is 23.2 Å². The predicted octanol–water partition coefficient (Wildman–Crippen LogP) is 3.77. The van der Waals surface area contributed by atoms with E-state index in [4.69, 9.17) is 11.6 Å². The van der Waals surface area contributed by atoms with Gasteiger partial charge in [0, 0.05) is 10.6 Å². The molecule has 0 bridgehead atoms. The van der Waals surface area contributed by atoms with Gasteiger partial charge in [0.15, 0.2) is 0 Å². The Morgan fingerprint density at radius 3 is 2.75 bits per heavy atom. The van der Waals surface area contributed by atoms with E-state index in [1.54, 1.807) is 12.1 Å². The monoisotopic (exact) mass is 241 g/mol. The van der Waals surface area contributed by atoms with Crippen LogP contribution in [-0.2, 0) is 17.0 Å². The van der Waals surface area contributed by atoms with Crippen LogP contribution in [0.5, 0.6) is 0 Å². The minimum atomic E-state index is -2.06. The van der Waals surface area contributed by atoms with Crippen molar-refractivity contribution in [3.63, 3.8) is 0 Å². The van der Waals surface area contributed by atoms with Gasteiger partial charge in [-0.2, -0.15) is 4.99 Å². The lowest BCUT2D eigenvalue weighted by atomic mass is 10.0. The SMILES string of the molecule is CCCc1ccc(C(C)(F)N=C=O)cc1Cl. The first-order valence-electron chi connectivity index (χ1n) is 5.08. The van der Waals surface area contributed by atoms with Crippen molar-refractivity contribution in [3.05, 3.63) is 34.3 Å². The quantitative estimate of drug-likeness (QED) is 0.448. The number of aliphatic imine (C=N–C) groups is 1. The molecule has 0 aliphatic carbocycles. The van der Waals surface area contributed by atoms with Gasteiger partial charge in [-0.1, -0.05) is 37.1 Å². The Balaban J connectivity index is 3.10. The fraction of sp³-hybridized carbons (Fsp3) is 0.417. The lowest BCUT2D eigenvalue weighted by Gasteiger charge is -2.15. The first kappa shape index (κ1) is 12.9. The number of aryl methyl sites for hydroxylation is 1. The molecule has 86 valence electrons. The molecule has 2 nitrogen and oxygen atoms in total. The maximum absolute atomic E-state index is 13.8. The van der Waals surface area contributed by atoms with E-state index >= 15 is 0 Å². The first-order chi connectivity index (χ1) is 7.51. The molecule has 0 heterocycles. The van der Waals surface area contributed by atoms with Gasteiger partial charge in [0.1, 0.15) is 0 Å². The van der Waals surface area contributed by atoms with E-state index in [0.29, 0.717) is 5.02 Å². The first-order valence-corrected chi connectivity index (χ1v) is 5.46. The third-order valence-corrected chi connectivity index (χ3v) is 2.71. The number of benzene rings is 1. The van der Waals surface area contributed by atoms with Gasteiger partial charge < -0.3 is 0 Å². The molecule has 0 aromatic heterocycles. The number of nitrogens with zero attached hydrogens (tertiary/aromatic N) is 1. The number of alkyl halides is 1. The Hall–Kier alpha value is -1.18. The van der Waals surface area contributed by atoms with Crippen molar-refractivity contribution in [1.29, 1.82) is 0 Å². The summed E-state index contributed by atoms with van der Waals surface area (Å²) in [7, 11) is 0. The zero-order valence-corrected chi connectivity index (χ0v) is 10.0. The lowest BCUT2D eigenvalue weighted by Crippen LogP contribution is -2.11. The Morgan fingerprint density at radius 2 is 2.25 bits per heavy atom. The number of halogens is 2. The summed E-state index contributed by atoms with van der Waals surface area (Å²) in [6.45, 7) is 3.24. The number of carbonyl (C=O) groups excluding carboxylic acids is 1. The molecule has 1 aromatic carbocycles. The van der Waals surface area contributed by atoms with E-state index in [0.717, 1.165) is 18.4 Å². The van der Waals surface area contributed by atoms with Crippen LogP contribution >= 0.6 is 11.6 Å². The largest absolute Gasteiger partial charge is 0.238 e. The second kappa shape index (κ2) is 5.24. The summed E-state index contributed by atoms with van der Waals surface area (Å²) in [5.41, 5.74) is 1.24. The van der Waals surface area contributed by atoms with Gasteiger partial charge >= 0.3 is 0 Å². The molecule has 0 aliphatic rings. The summed E-state index contributed by atoms with van der Waals surface area (Å²) in [5, 5.41) is 0.504. The van der Waals surface area contributed by atoms with E-state index < -0.39 is 5.79 Å². The van der Waals surface area contributed by atoms with Gasteiger partial charge in [-0.25, -0.2) is 9.18 Å². The third kappa shape index (κ3) is 2.91. The summed E-state index contributed by atoms with van der Waals surface area (Å²) >= 11 is 6.01. The Bertz CT molecular complexity index is 425. The van der Waals surface area contributed by atoms with E-state index in [1.807, 2.05) is 6.92 Å². The molecular formula is C12H13ClFNO. The molecule has 4 heteroatoms. The molecule has 16 heavy (non-hydrogen) atoms. The average molecular weight is 242 g/mol. The highest BCUT2D eigenvalue weighted by Crippen LogP contribution is 2.30. The fourth-order valence-corrected chi connectivity index (χ4v) is 1.73. The number of hydrogen-bond acceptors (Lipinski definition) is 2. The summed E-state index contributed by atoms with van der Waals surface area (Å²) in [6, 6.07) is 4.87. The van der Waals surface area contributed by atoms with Gasteiger partial charge in [-0.15, -0.1) is 0 Å². The van der Waals surface area contributed by atoms with E-state index in [2.05, 4.69) is 4.99 Å². The zero-order chi connectivity index (χ0) is 12.2. The minimum absolute atomic E-state index is 0.265. The summed E-state index contributed by atoms with van der Waals surface area (Å²) in [6.07, 6.45) is 3.04. The molecule has 1 aromatic rings. The van der Waals surface area contributed by atoms with E-state index in [1.165, 1.54) is 19.1 Å². The van der Waals surface area contributed by atoms with E-state index in [-0.39, 0.29) is 5.56 Å². The van der Waals surface area contributed by atoms with Crippen LogP contribution < -0.4 is 0 Å². The normalized spacial score (nSPS) is 14.0. The van der Waals surface area contributed by atoms with Gasteiger partial charge in [-0.05, 0) is 25.0 Å². The van der Waals surface area contributed by atoms with Crippen molar-refractivity contribution in [1.82, 2.24) is 0 Å². The van der Waals surface area contributed by atoms with Gasteiger partial charge in [-0.3, -0.25) is 0 Å². The number of hydrogen-bond donors (Lipinski definition) is 0. The van der Waals surface area contributed by atoms with Crippen molar-refractivity contribution in [2.24, 2.45) is 4.99 Å². The van der Waals surface area contributed by atoms with Gasteiger partial charge in [0.25, 0.3) is 0 Å². The third-order valence-electron chi connectivity index (χ3n) is 2.35. The lowest BCUT2D eigenvalue weighted by molar-refractivity contribution is 0.206. The highest BCUT2D eigenvalue weighted by atomic mass is 35.5. The molecule has 0 radical (unpaired) electrons. The van der Waals surface area contributed by atoms with Crippen LogP contribution in [0.1, 0.15) is 31.4 Å². The number of rotatable bonds is 4. The molecule has 0 N–H and O–H groups in total. The molecule has 1 rings (SSSR count). The van der Waals surface area contributed by atoms with Crippen molar-refractivity contribution in [2.75, 3.05) is 0 Å². The minimum Gasteiger partial charge on any atom is -0.212 e. The molecule has 0 amide bonds. The zero-order valence-electron chi connectivity index (χ0n) is 9.26. The summed E-state index contributed by atoms with van der Waals surface area (Å²) in [4.78, 5) is 13.2. The second-order valence-electron chi connectivity index (χ2n) is 3.71. The molecule has 0 fully saturated rings. The highest BCUT2D eigenvalue weighted by Gasteiger charge is 2.25. The van der Waals surface area contributed by atoms with Gasteiger partial charge in [0.2, 0.25) is 11.9 Å². The van der Waals surface area contributed by atoms with Crippen molar-refractivity contribution in [2.45, 2.75) is 32.5 Å². The van der Waals surface area contributed by atoms with Gasteiger partial charge in [0.05, 0.1) is 0 Å². The van der Waals surface area contributed by atoms with Crippen molar-refractivity contribution >= 4 is 17.7 Å². The fourth-order valence-electron chi connectivity index (χ4n) is 1.45. The topological polar surface area (TPSA) is 29.4 Å². The maximum Gasteiger partial charge on any atom is 0.238 e. The smallest absolute Gasteiger partial charge is 0.212 e. The summed E-state index contributed by atoms with van der Waals surface area (Å²) in [5.74, 6) is -2.06. The molecule has 0 saturated heterocycles. The standard InChI is InChI=1S/C12H13ClFNO/c1-3-4-9-5-6-10(7-11(9)13)12(2,14)15-8-16/h5-7H,3-4H2,1-2H3. The van der Waals surface area contributed by atoms with Crippen LogP contribution in [0.2, 0.25) is 5.02 Å². The summed E-state index contributed by atoms with van der Waals surface area (Å²) < 4.78 is 13.8. The Labute approximate surface area is 99.1 Å². The van der Waals surface area contributed by atoms with Crippen LogP contribution in [0.4, 0.5) is 4.39 Å². The second-order valence-corrected chi connectivity index (χ2v) is 4.12.